The van der Waals surface area contributed by atoms with Crippen molar-refractivity contribution >= 4 is 17.5 Å². The highest BCUT2D eigenvalue weighted by molar-refractivity contribution is 5.92. The average Bonchev–Trinajstić information content (AvgIpc) is 2.67. The number of aromatic nitrogens is 2. The van der Waals surface area contributed by atoms with Crippen molar-refractivity contribution < 1.29 is 9.53 Å². The molecule has 1 amide bonds. The van der Waals surface area contributed by atoms with Crippen molar-refractivity contribution in [3.05, 3.63) is 42.2 Å². The molecule has 0 spiro atoms. The Balaban J connectivity index is 1.47. The molecule has 0 bridgehead atoms. The molecule has 7 nitrogen and oxygen atoms in total. The molecule has 3 N–H and O–H groups in total. The normalized spacial score (nSPS) is 14.8. The number of nitrogens with zero attached hydrogens (tertiary/aromatic N) is 3. The molecule has 3 rings (SSSR count). The van der Waals surface area contributed by atoms with Crippen LogP contribution in [0, 0.1) is 0 Å². The molecule has 0 saturated carbocycles. The second-order valence-corrected chi connectivity index (χ2v) is 6.42. The Kier molecular flexibility index (Phi) is 6.38. The third-order valence-corrected chi connectivity index (χ3v) is 4.36. The van der Waals surface area contributed by atoms with Crippen molar-refractivity contribution in [2.75, 3.05) is 31.6 Å². The average molecular weight is 355 g/mol. The van der Waals surface area contributed by atoms with E-state index in [0.717, 1.165) is 24.4 Å². The number of anilines is 2. The predicted molar refractivity (Wildman–Crippen MR) is 101 cm³/mol. The molecule has 1 fully saturated rings. The first-order valence-electron chi connectivity index (χ1n) is 9.05. The number of amides is 1. The SMILES string of the molecule is NC(=O)c1cnc(Nc2cccc(OCCCN3CCCCC3)c2)nc1. The molecule has 0 aliphatic carbocycles. The van der Waals surface area contributed by atoms with Gasteiger partial charge in [0.15, 0.2) is 0 Å². The maximum absolute atomic E-state index is 11.0. The van der Waals surface area contributed by atoms with Gasteiger partial charge in [-0.25, -0.2) is 9.97 Å². The van der Waals surface area contributed by atoms with Gasteiger partial charge in [-0.2, -0.15) is 0 Å². The Morgan fingerprint density at radius 2 is 1.96 bits per heavy atom. The van der Waals surface area contributed by atoms with Crippen molar-refractivity contribution in [1.29, 1.82) is 0 Å². The highest BCUT2D eigenvalue weighted by Crippen LogP contribution is 2.20. The lowest BCUT2D eigenvalue weighted by atomic mass is 10.1. The molecule has 1 aliphatic heterocycles. The monoisotopic (exact) mass is 355 g/mol. The summed E-state index contributed by atoms with van der Waals surface area (Å²) in [5.74, 6) is 0.663. The van der Waals surface area contributed by atoms with Crippen LogP contribution in [0.2, 0.25) is 0 Å². The van der Waals surface area contributed by atoms with Gasteiger partial charge in [-0.05, 0) is 44.5 Å². The molecule has 26 heavy (non-hydrogen) atoms. The molecule has 7 heteroatoms. The van der Waals surface area contributed by atoms with Gasteiger partial charge in [0.1, 0.15) is 5.75 Å². The standard InChI is InChI=1S/C19H25N5O2/c20-18(25)15-13-21-19(22-14-15)23-16-6-4-7-17(12-16)26-11-5-10-24-8-2-1-3-9-24/h4,6-7,12-14H,1-3,5,8-11H2,(H2,20,25)(H,21,22,23). The minimum absolute atomic E-state index is 0.279. The van der Waals surface area contributed by atoms with Crippen LogP contribution in [0.25, 0.3) is 0 Å². The fourth-order valence-electron chi connectivity index (χ4n) is 2.97. The number of nitrogens with two attached hydrogens (primary N) is 1. The number of hydrogen-bond acceptors (Lipinski definition) is 6. The van der Waals surface area contributed by atoms with E-state index in [-0.39, 0.29) is 5.56 Å². The lowest BCUT2D eigenvalue weighted by molar-refractivity contribution is 0.0999. The van der Waals surface area contributed by atoms with Crippen LogP contribution in [0.15, 0.2) is 36.7 Å². The van der Waals surface area contributed by atoms with E-state index in [0.29, 0.717) is 12.6 Å². The molecule has 2 heterocycles. The summed E-state index contributed by atoms with van der Waals surface area (Å²) in [5.41, 5.74) is 6.29. The minimum Gasteiger partial charge on any atom is -0.493 e. The summed E-state index contributed by atoms with van der Waals surface area (Å²) in [6.45, 7) is 4.23. The van der Waals surface area contributed by atoms with Crippen LogP contribution in [-0.4, -0.2) is 47.0 Å². The molecule has 1 aliphatic rings. The summed E-state index contributed by atoms with van der Waals surface area (Å²) in [7, 11) is 0. The molecular weight excluding hydrogens is 330 g/mol. The Morgan fingerprint density at radius 1 is 1.19 bits per heavy atom. The van der Waals surface area contributed by atoms with Crippen LogP contribution in [0.1, 0.15) is 36.0 Å². The number of piperidine rings is 1. The topological polar surface area (TPSA) is 93.4 Å². The highest BCUT2D eigenvalue weighted by Gasteiger charge is 2.09. The zero-order chi connectivity index (χ0) is 18.2. The van der Waals surface area contributed by atoms with E-state index in [1.165, 1.54) is 44.7 Å². The third kappa shape index (κ3) is 5.42. The first-order chi connectivity index (χ1) is 12.7. The van der Waals surface area contributed by atoms with Crippen molar-refractivity contribution in [2.24, 2.45) is 5.73 Å². The minimum atomic E-state index is -0.545. The van der Waals surface area contributed by atoms with Gasteiger partial charge in [0.05, 0.1) is 12.2 Å². The van der Waals surface area contributed by atoms with Gasteiger partial charge in [0.25, 0.3) is 5.91 Å². The van der Waals surface area contributed by atoms with E-state index < -0.39 is 5.91 Å². The largest absolute Gasteiger partial charge is 0.493 e. The van der Waals surface area contributed by atoms with Gasteiger partial charge in [-0.15, -0.1) is 0 Å². The molecule has 1 aromatic heterocycles. The number of hydrogen-bond donors (Lipinski definition) is 2. The van der Waals surface area contributed by atoms with Gasteiger partial charge in [0, 0.05) is 30.7 Å². The second-order valence-electron chi connectivity index (χ2n) is 6.42. The van der Waals surface area contributed by atoms with Crippen LogP contribution < -0.4 is 15.8 Å². The summed E-state index contributed by atoms with van der Waals surface area (Å²) < 4.78 is 5.86. The van der Waals surface area contributed by atoms with Crippen molar-refractivity contribution in [3.63, 3.8) is 0 Å². The molecule has 138 valence electrons. The highest BCUT2D eigenvalue weighted by atomic mass is 16.5. The van der Waals surface area contributed by atoms with Gasteiger partial charge in [-0.3, -0.25) is 4.79 Å². The smallest absolute Gasteiger partial charge is 0.251 e. The molecule has 0 radical (unpaired) electrons. The number of primary amides is 1. The lowest BCUT2D eigenvalue weighted by Gasteiger charge is -2.26. The number of rotatable bonds is 8. The number of ether oxygens (including phenoxy) is 1. The summed E-state index contributed by atoms with van der Waals surface area (Å²) in [6, 6.07) is 7.67. The van der Waals surface area contributed by atoms with Crippen molar-refractivity contribution in [2.45, 2.75) is 25.7 Å². The van der Waals surface area contributed by atoms with Crippen molar-refractivity contribution in [3.8, 4) is 5.75 Å². The van der Waals surface area contributed by atoms with Crippen LogP contribution in [0.5, 0.6) is 5.75 Å². The number of benzene rings is 1. The Labute approximate surface area is 153 Å². The summed E-state index contributed by atoms with van der Waals surface area (Å²) in [6.07, 6.45) is 7.82. The third-order valence-electron chi connectivity index (χ3n) is 4.36. The van der Waals surface area contributed by atoms with Crippen LogP contribution in [-0.2, 0) is 0 Å². The molecular formula is C19H25N5O2. The fourth-order valence-corrected chi connectivity index (χ4v) is 2.97. The van der Waals surface area contributed by atoms with Crippen LogP contribution in [0.3, 0.4) is 0 Å². The van der Waals surface area contributed by atoms with E-state index in [1.54, 1.807) is 0 Å². The first-order valence-corrected chi connectivity index (χ1v) is 9.05. The van der Waals surface area contributed by atoms with Gasteiger partial charge >= 0.3 is 0 Å². The number of carbonyl (C=O) groups excluding carboxylic acids is 1. The number of likely N-dealkylation sites (tertiary alicyclic amines) is 1. The second kappa shape index (κ2) is 9.15. The van der Waals surface area contributed by atoms with Crippen molar-refractivity contribution in [1.82, 2.24) is 14.9 Å². The van der Waals surface area contributed by atoms with Gasteiger partial charge < -0.3 is 20.7 Å². The molecule has 2 aromatic rings. The Hall–Kier alpha value is -2.67. The van der Waals surface area contributed by atoms with E-state index in [1.807, 2.05) is 24.3 Å². The maximum atomic E-state index is 11.0. The summed E-state index contributed by atoms with van der Waals surface area (Å²) in [4.78, 5) is 21.7. The van der Waals surface area contributed by atoms with Gasteiger partial charge in [-0.1, -0.05) is 12.5 Å². The van der Waals surface area contributed by atoms with Gasteiger partial charge in [0.2, 0.25) is 5.95 Å². The number of nitrogens with one attached hydrogen (secondary N) is 1. The molecule has 0 atom stereocenters. The first kappa shape index (κ1) is 18.1. The molecule has 0 unspecified atom stereocenters. The van der Waals surface area contributed by atoms with E-state index >= 15 is 0 Å². The number of carbonyl (C=O) groups is 1. The Morgan fingerprint density at radius 3 is 2.69 bits per heavy atom. The molecule has 1 saturated heterocycles. The summed E-state index contributed by atoms with van der Waals surface area (Å²) >= 11 is 0. The van der Waals surface area contributed by atoms with Crippen LogP contribution >= 0.6 is 0 Å². The van der Waals surface area contributed by atoms with E-state index in [9.17, 15) is 4.79 Å². The fraction of sp³-hybridized carbons (Fsp3) is 0.421. The predicted octanol–water partition coefficient (Wildman–Crippen LogP) is 2.57. The maximum Gasteiger partial charge on any atom is 0.251 e. The molecule has 1 aromatic carbocycles. The summed E-state index contributed by atoms with van der Waals surface area (Å²) in [5, 5.41) is 3.09. The lowest BCUT2D eigenvalue weighted by Crippen LogP contribution is -2.31. The Bertz CT molecular complexity index is 714. The quantitative estimate of drug-likeness (QED) is 0.707. The zero-order valence-corrected chi connectivity index (χ0v) is 14.9. The van der Waals surface area contributed by atoms with E-state index in [4.69, 9.17) is 10.5 Å². The zero-order valence-electron chi connectivity index (χ0n) is 14.9. The van der Waals surface area contributed by atoms with Crippen LogP contribution in [0.4, 0.5) is 11.6 Å². The van der Waals surface area contributed by atoms with E-state index in [2.05, 4.69) is 20.2 Å².